The molecule has 1 amide bonds. The number of nitrogens with zero attached hydrogens (tertiary/aromatic N) is 2. The zero-order chi connectivity index (χ0) is 22.8. The number of methoxy groups -OCH3 is 1. The van der Waals surface area contributed by atoms with E-state index in [9.17, 15) is 13.2 Å². The second kappa shape index (κ2) is 8.91. The van der Waals surface area contributed by atoms with Crippen LogP contribution in [0.5, 0.6) is 11.5 Å². The Morgan fingerprint density at radius 1 is 1.13 bits per heavy atom. The molecule has 0 saturated carbocycles. The number of amides is 1. The molecule has 0 aliphatic rings. The maximum absolute atomic E-state index is 12.9. The minimum absolute atomic E-state index is 0.0161. The third-order valence-electron chi connectivity index (χ3n) is 4.72. The van der Waals surface area contributed by atoms with Gasteiger partial charge in [0.15, 0.2) is 0 Å². The van der Waals surface area contributed by atoms with Crippen molar-refractivity contribution >= 4 is 32.5 Å². The molecule has 3 rings (SSSR count). The van der Waals surface area contributed by atoms with E-state index in [2.05, 4.69) is 10.3 Å². The van der Waals surface area contributed by atoms with Gasteiger partial charge < -0.3 is 14.8 Å². The van der Waals surface area contributed by atoms with Gasteiger partial charge in [0.1, 0.15) is 16.4 Å². The van der Waals surface area contributed by atoms with Crippen molar-refractivity contribution in [3.63, 3.8) is 0 Å². The molecule has 0 atom stereocenters. The van der Waals surface area contributed by atoms with E-state index < -0.39 is 10.0 Å². The quantitative estimate of drug-likeness (QED) is 0.601. The van der Waals surface area contributed by atoms with E-state index in [0.29, 0.717) is 34.8 Å². The maximum atomic E-state index is 12.9. The van der Waals surface area contributed by atoms with Gasteiger partial charge in [-0.05, 0) is 50.2 Å². The molecule has 0 radical (unpaired) electrons. The number of sulfonamides is 1. The summed E-state index contributed by atoms with van der Waals surface area (Å²) < 4.78 is 37.2. The predicted octanol–water partition coefficient (Wildman–Crippen LogP) is 3.45. The fourth-order valence-electron chi connectivity index (χ4n) is 3.06. The predicted molar refractivity (Wildman–Crippen MR) is 119 cm³/mol. The Hall–Kier alpha value is -3.17. The summed E-state index contributed by atoms with van der Waals surface area (Å²) in [6.45, 7) is 3.83. The number of hydrogen-bond acceptors (Lipinski definition) is 6. The van der Waals surface area contributed by atoms with Crippen molar-refractivity contribution in [3.05, 3.63) is 53.7 Å². The molecule has 0 fully saturated rings. The molecule has 0 aliphatic carbocycles. The van der Waals surface area contributed by atoms with Crippen LogP contribution in [0.15, 0.2) is 47.4 Å². The standard InChI is InChI=1S/C22H25N3O5S/c1-6-30-20-10-8-16(12-21(20)31(27,28)25(3)4)24-22(26)18-11-15-7-9-17(29-5)13-19(15)23-14(18)2/h7-13H,6H2,1-5H3,(H,24,26). The fraction of sp³-hybridized carbons (Fsp3) is 0.273. The van der Waals surface area contributed by atoms with Crippen LogP contribution in [0, 0.1) is 6.92 Å². The Balaban J connectivity index is 1.97. The van der Waals surface area contributed by atoms with Gasteiger partial charge in [-0.2, -0.15) is 0 Å². The summed E-state index contributed by atoms with van der Waals surface area (Å²) in [7, 11) is 0.697. The largest absolute Gasteiger partial charge is 0.497 e. The van der Waals surface area contributed by atoms with E-state index in [0.717, 1.165) is 9.69 Å². The van der Waals surface area contributed by atoms with Crippen LogP contribution in [-0.4, -0.2) is 51.4 Å². The van der Waals surface area contributed by atoms with Gasteiger partial charge in [-0.3, -0.25) is 9.78 Å². The van der Waals surface area contributed by atoms with E-state index >= 15 is 0 Å². The topological polar surface area (TPSA) is 97.8 Å². The molecule has 2 aromatic carbocycles. The highest BCUT2D eigenvalue weighted by Crippen LogP contribution is 2.30. The summed E-state index contributed by atoms with van der Waals surface area (Å²) >= 11 is 0. The Kier molecular flexibility index (Phi) is 6.47. The van der Waals surface area contributed by atoms with Crippen molar-refractivity contribution in [2.24, 2.45) is 0 Å². The van der Waals surface area contributed by atoms with Crippen LogP contribution in [0.2, 0.25) is 0 Å². The lowest BCUT2D eigenvalue weighted by atomic mass is 10.1. The number of carbonyl (C=O) groups excluding carboxylic acids is 1. The van der Waals surface area contributed by atoms with Crippen molar-refractivity contribution in [2.75, 3.05) is 33.1 Å². The molecule has 164 valence electrons. The zero-order valence-electron chi connectivity index (χ0n) is 18.1. The van der Waals surface area contributed by atoms with E-state index in [-0.39, 0.29) is 16.6 Å². The summed E-state index contributed by atoms with van der Waals surface area (Å²) in [5.74, 6) is 0.521. The molecule has 9 heteroatoms. The van der Waals surface area contributed by atoms with Crippen molar-refractivity contribution in [3.8, 4) is 11.5 Å². The molecule has 3 aromatic rings. The number of fused-ring (bicyclic) bond motifs is 1. The minimum Gasteiger partial charge on any atom is -0.497 e. The lowest BCUT2D eigenvalue weighted by molar-refractivity contribution is 0.102. The third kappa shape index (κ3) is 4.62. The summed E-state index contributed by atoms with van der Waals surface area (Å²) in [5.41, 5.74) is 1.99. The summed E-state index contributed by atoms with van der Waals surface area (Å²) in [6, 6.07) is 11.7. The van der Waals surface area contributed by atoms with Crippen molar-refractivity contribution in [1.82, 2.24) is 9.29 Å². The number of hydrogen-bond donors (Lipinski definition) is 1. The van der Waals surface area contributed by atoms with Gasteiger partial charge in [0.05, 0.1) is 30.5 Å². The van der Waals surface area contributed by atoms with Gasteiger partial charge >= 0.3 is 0 Å². The number of rotatable bonds is 7. The number of ether oxygens (including phenoxy) is 2. The Bertz CT molecular complexity index is 1240. The Morgan fingerprint density at radius 3 is 2.52 bits per heavy atom. The number of anilines is 1. The van der Waals surface area contributed by atoms with Crippen molar-refractivity contribution in [1.29, 1.82) is 0 Å². The number of nitrogens with one attached hydrogen (secondary N) is 1. The number of aromatic nitrogens is 1. The highest BCUT2D eigenvalue weighted by Gasteiger charge is 2.23. The first kappa shape index (κ1) is 22.5. The summed E-state index contributed by atoms with van der Waals surface area (Å²) in [6.07, 6.45) is 0. The smallest absolute Gasteiger partial charge is 0.257 e. The van der Waals surface area contributed by atoms with Crippen LogP contribution < -0.4 is 14.8 Å². The van der Waals surface area contributed by atoms with Crippen LogP contribution in [0.3, 0.4) is 0 Å². The normalized spacial score (nSPS) is 11.5. The second-order valence-corrected chi connectivity index (χ2v) is 9.14. The molecule has 8 nitrogen and oxygen atoms in total. The lowest BCUT2D eigenvalue weighted by Crippen LogP contribution is -2.23. The van der Waals surface area contributed by atoms with Gasteiger partial charge in [0.2, 0.25) is 10.0 Å². The first-order valence-electron chi connectivity index (χ1n) is 9.63. The van der Waals surface area contributed by atoms with E-state index in [1.54, 1.807) is 45.2 Å². The second-order valence-electron chi connectivity index (χ2n) is 7.02. The third-order valence-corrected chi connectivity index (χ3v) is 6.56. The number of carbonyl (C=O) groups is 1. The molecular formula is C22H25N3O5S. The molecular weight excluding hydrogens is 418 g/mol. The summed E-state index contributed by atoms with van der Waals surface area (Å²) in [4.78, 5) is 17.4. The average Bonchev–Trinajstić information content (AvgIpc) is 2.73. The number of aryl methyl sites for hydroxylation is 1. The molecule has 0 spiro atoms. The average molecular weight is 444 g/mol. The van der Waals surface area contributed by atoms with E-state index in [1.807, 2.05) is 6.07 Å². The van der Waals surface area contributed by atoms with E-state index in [1.165, 1.54) is 26.2 Å². The monoisotopic (exact) mass is 443 g/mol. The fourth-order valence-corrected chi connectivity index (χ4v) is 4.11. The summed E-state index contributed by atoms with van der Waals surface area (Å²) in [5, 5.41) is 3.56. The molecule has 0 aliphatic heterocycles. The number of benzene rings is 2. The molecule has 1 heterocycles. The highest BCUT2D eigenvalue weighted by molar-refractivity contribution is 7.89. The van der Waals surface area contributed by atoms with Crippen LogP contribution in [0.25, 0.3) is 10.9 Å². The van der Waals surface area contributed by atoms with Gasteiger partial charge in [0.25, 0.3) is 5.91 Å². The first-order valence-corrected chi connectivity index (χ1v) is 11.1. The Labute approximate surface area is 181 Å². The SMILES string of the molecule is CCOc1ccc(NC(=O)c2cc3ccc(OC)cc3nc2C)cc1S(=O)(=O)N(C)C. The van der Waals surface area contributed by atoms with Gasteiger partial charge in [-0.15, -0.1) is 0 Å². The molecule has 31 heavy (non-hydrogen) atoms. The van der Waals surface area contributed by atoms with Crippen LogP contribution in [0.1, 0.15) is 23.0 Å². The van der Waals surface area contributed by atoms with Crippen LogP contribution in [0.4, 0.5) is 5.69 Å². The van der Waals surface area contributed by atoms with Gasteiger partial charge in [0, 0.05) is 31.2 Å². The minimum atomic E-state index is -3.76. The van der Waals surface area contributed by atoms with Crippen molar-refractivity contribution in [2.45, 2.75) is 18.7 Å². The van der Waals surface area contributed by atoms with Crippen molar-refractivity contribution < 1.29 is 22.7 Å². The highest BCUT2D eigenvalue weighted by atomic mass is 32.2. The molecule has 1 N–H and O–H groups in total. The van der Waals surface area contributed by atoms with Crippen LogP contribution in [-0.2, 0) is 10.0 Å². The lowest BCUT2D eigenvalue weighted by Gasteiger charge is -2.17. The maximum Gasteiger partial charge on any atom is 0.257 e. The van der Waals surface area contributed by atoms with Gasteiger partial charge in [-0.1, -0.05) is 0 Å². The molecule has 1 aromatic heterocycles. The molecule has 0 bridgehead atoms. The zero-order valence-corrected chi connectivity index (χ0v) is 18.9. The van der Waals surface area contributed by atoms with Gasteiger partial charge in [-0.25, -0.2) is 12.7 Å². The van der Waals surface area contributed by atoms with E-state index in [4.69, 9.17) is 9.47 Å². The molecule has 0 saturated heterocycles. The Morgan fingerprint density at radius 2 is 1.87 bits per heavy atom. The molecule has 0 unspecified atom stereocenters. The van der Waals surface area contributed by atoms with Crippen LogP contribution >= 0.6 is 0 Å². The first-order chi connectivity index (χ1) is 14.7. The number of pyridine rings is 1.